The lowest BCUT2D eigenvalue weighted by Gasteiger charge is -2.28. The molecular formula is C17H17N3O2S. The predicted octanol–water partition coefficient (Wildman–Crippen LogP) is 2.87. The molecule has 0 spiro atoms. The van der Waals surface area contributed by atoms with E-state index in [1.54, 1.807) is 24.5 Å². The van der Waals surface area contributed by atoms with Crippen LogP contribution in [0.25, 0.3) is 0 Å². The highest BCUT2D eigenvalue weighted by Gasteiger charge is 2.35. The maximum Gasteiger partial charge on any atom is 0.337 e. The SMILES string of the molecule is C=CCOC(=O)C1=C(C)NC(SC)=C(C#N)C1c1ccncc1. The molecule has 0 amide bonds. The summed E-state index contributed by atoms with van der Waals surface area (Å²) in [5, 5.41) is 13.5. The van der Waals surface area contributed by atoms with Crippen LogP contribution in [0.2, 0.25) is 0 Å². The Hall–Kier alpha value is -2.52. The number of hydrogen-bond donors (Lipinski definition) is 1. The van der Waals surface area contributed by atoms with E-state index in [9.17, 15) is 10.1 Å². The maximum atomic E-state index is 12.5. The molecule has 2 heterocycles. The van der Waals surface area contributed by atoms with Crippen molar-refractivity contribution in [2.75, 3.05) is 12.9 Å². The van der Waals surface area contributed by atoms with E-state index in [-0.39, 0.29) is 6.61 Å². The van der Waals surface area contributed by atoms with Gasteiger partial charge in [-0.1, -0.05) is 12.7 Å². The van der Waals surface area contributed by atoms with Crippen molar-refractivity contribution in [2.45, 2.75) is 12.8 Å². The number of dihydropyridines is 1. The van der Waals surface area contributed by atoms with Crippen LogP contribution in [-0.2, 0) is 9.53 Å². The van der Waals surface area contributed by atoms with Gasteiger partial charge in [-0.15, -0.1) is 11.8 Å². The molecule has 0 radical (unpaired) electrons. The second-order valence-electron chi connectivity index (χ2n) is 4.82. The fraction of sp³-hybridized carbons (Fsp3) is 0.235. The van der Waals surface area contributed by atoms with Crippen LogP contribution in [0.15, 0.2) is 59.1 Å². The van der Waals surface area contributed by atoms with Crippen molar-refractivity contribution in [1.29, 1.82) is 5.26 Å². The van der Waals surface area contributed by atoms with E-state index in [1.807, 2.05) is 13.2 Å². The number of carbonyl (C=O) groups is 1. The molecule has 1 aromatic rings. The van der Waals surface area contributed by atoms with Gasteiger partial charge in [0.15, 0.2) is 0 Å². The number of pyridine rings is 1. The molecule has 0 saturated heterocycles. The number of rotatable bonds is 5. The average molecular weight is 327 g/mol. The molecule has 1 aliphatic heterocycles. The lowest BCUT2D eigenvalue weighted by molar-refractivity contribution is -0.138. The Morgan fingerprint density at radius 1 is 1.57 bits per heavy atom. The minimum Gasteiger partial charge on any atom is -0.458 e. The molecule has 5 nitrogen and oxygen atoms in total. The summed E-state index contributed by atoms with van der Waals surface area (Å²) >= 11 is 1.44. The Morgan fingerprint density at radius 3 is 2.83 bits per heavy atom. The van der Waals surface area contributed by atoms with Crippen molar-refractivity contribution in [3.63, 3.8) is 0 Å². The van der Waals surface area contributed by atoms with E-state index in [2.05, 4.69) is 22.9 Å². The van der Waals surface area contributed by atoms with Gasteiger partial charge >= 0.3 is 5.97 Å². The molecule has 1 unspecified atom stereocenters. The van der Waals surface area contributed by atoms with Gasteiger partial charge in [0.25, 0.3) is 0 Å². The van der Waals surface area contributed by atoms with Gasteiger partial charge in [-0.2, -0.15) is 5.26 Å². The molecule has 23 heavy (non-hydrogen) atoms. The summed E-state index contributed by atoms with van der Waals surface area (Å²) in [4.78, 5) is 16.5. The quantitative estimate of drug-likeness (QED) is 0.662. The van der Waals surface area contributed by atoms with Crippen molar-refractivity contribution in [3.05, 3.63) is 64.6 Å². The van der Waals surface area contributed by atoms with Gasteiger partial charge in [-0.25, -0.2) is 4.79 Å². The van der Waals surface area contributed by atoms with Gasteiger partial charge in [0.2, 0.25) is 0 Å². The molecule has 118 valence electrons. The van der Waals surface area contributed by atoms with Crippen LogP contribution < -0.4 is 5.32 Å². The van der Waals surface area contributed by atoms with Gasteiger partial charge in [0.05, 0.1) is 28.2 Å². The van der Waals surface area contributed by atoms with Gasteiger partial charge in [0, 0.05) is 18.1 Å². The standard InChI is InChI=1S/C17H17N3O2S/c1-4-9-22-17(21)14-11(2)20-16(23-3)13(10-18)15(14)12-5-7-19-8-6-12/h4-8,15,20H,1,9H2,2-3H3. The summed E-state index contributed by atoms with van der Waals surface area (Å²) in [5.74, 6) is -0.923. The van der Waals surface area contributed by atoms with Crippen LogP contribution in [0.3, 0.4) is 0 Å². The van der Waals surface area contributed by atoms with Crippen LogP contribution in [0.4, 0.5) is 0 Å². The first kappa shape index (κ1) is 16.8. The second-order valence-corrected chi connectivity index (χ2v) is 5.64. The number of nitrogens with one attached hydrogen (secondary N) is 1. The molecular weight excluding hydrogens is 310 g/mol. The molecule has 6 heteroatoms. The van der Waals surface area contributed by atoms with Gasteiger partial charge < -0.3 is 10.1 Å². The zero-order chi connectivity index (χ0) is 16.8. The Kier molecular flexibility index (Phi) is 5.61. The molecule has 0 fully saturated rings. The summed E-state index contributed by atoms with van der Waals surface area (Å²) in [6, 6.07) is 5.84. The number of nitriles is 1. The number of thioether (sulfide) groups is 1. The third-order valence-corrected chi connectivity index (χ3v) is 4.17. The Balaban J connectivity index is 2.56. The molecule has 1 aromatic heterocycles. The molecule has 0 aliphatic carbocycles. The minimum absolute atomic E-state index is 0.125. The second kappa shape index (κ2) is 7.65. The van der Waals surface area contributed by atoms with E-state index in [1.165, 1.54) is 17.8 Å². The molecule has 1 aliphatic rings. The number of ether oxygens (including phenoxy) is 1. The number of esters is 1. The zero-order valence-electron chi connectivity index (χ0n) is 13.0. The minimum atomic E-state index is -0.469. The average Bonchev–Trinajstić information content (AvgIpc) is 2.59. The molecule has 2 rings (SSSR count). The molecule has 1 N–H and O–H groups in total. The van der Waals surface area contributed by atoms with Gasteiger partial charge in [0.1, 0.15) is 6.61 Å². The van der Waals surface area contributed by atoms with Crippen molar-refractivity contribution >= 4 is 17.7 Å². The first-order chi connectivity index (χ1) is 11.1. The highest BCUT2D eigenvalue weighted by molar-refractivity contribution is 8.02. The van der Waals surface area contributed by atoms with Crippen LogP contribution in [-0.4, -0.2) is 23.8 Å². The Labute approximate surface area is 139 Å². The lowest BCUT2D eigenvalue weighted by Crippen LogP contribution is -2.28. The molecule has 1 atom stereocenters. The predicted molar refractivity (Wildman–Crippen MR) is 90.1 cm³/mol. The largest absolute Gasteiger partial charge is 0.458 e. The van der Waals surface area contributed by atoms with Crippen molar-refractivity contribution in [1.82, 2.24) is 10.3 Å². The van der Waals surface area contributed by atoms with E-state index in [0.717, 1.165) is 10.6 Å². The smallest absolute Gasteiger partial charge is 0.337 e. The number of nitrogens with zero attached hydrogens (tertiary/aromatic N) is 2. The number of hydrogen-bond acceptors (Lipinski definition) is 6. The van der Waals surface area contributed by atoms with Crippen LogP contribution in [0.5, 0.6) is 0 Å². The van der Waals surface area contributed by atoms with Crippen molar-refractivity contribution in [2.24, 2.45) is 0 Å². The third-order valence-electron chi connectivity index (χ3n) is 3.44. The molecule has 0 saturated carbocycles. The highest BCUT2D eigenvalue weighted by atomic mass is 32.2. The van der Waals surface area contributed by atoms with Crippen LogP contribution in [0, 0.1) is 11.3 Å². The summed E-state index contributed by atoms with van der Waals surface area (Å²) in [7, 11) is 0. The number of carbonyl (C=O) groups excluding carboxylic acids is 1. The number of aromatic nitrogens is 1. The maximum absolute atomic E-state index is 12.5. The van der Waals surface area contributed by atoms with Crippen LogP contribution >= 0.6 is 11.8 Å². The molecule has 0 aromatic carbocycles. The fourth-order valence-corrected chi connectivity index (χ4v) is 3.08. The Morgan fingerprint density at radius 2 is 2.26 bits per heavy atom. The molecule has 0 bridgehead atoms. The normalized spacial score (nSPS) is 17.3. The summed E-state index contributed by atoms with van der Waals surface area (Å²) in [6.07, 6.45) is 6.69. The first-order valence-electron chi connectivity index (χ1n) is 6.98. The van der Waals surface area contributed by atoms with Gasteiger partial charge in [-0.05, 0) is 30.9 Å². The van der Waals surface area contributed by atoms with E-state index >= 15 is 0 Å². The van der Waals surface area contributed by atoms with Crippen molar-refractivity contribution < 1.29 is 9.53 Å². The van der Waals surface area contributed by atoms with E-state index < -0.39 is 11.9 Å². The van der Waals surface area contributed by atoms with Crippen LogP contribution in [0.1, 0.15) is 18.4 Å². The first-order valence-corrected chi connectivity index (χ1v) is 8.20. The summed E-state index contributed by atoms with van der Waals surface area (Å²) < 4.78 is 5.21. The monoisotopic (exact) mass is 327 g/mol. The topological polar surface area (TPSA) is 75.0 Å². The van der Waals surface area contributed by atoms with E-state index in [4.69, 9.17) is 4.74 Å². The van der Waals surface area contributed by atoms with Gasteiger partial charge in [-0.3, -0.25) is 4.98 Å². The number of allylic oxidation sites excluding steroid dienone is 2. The lowest BCUT2D eigenvalue weighted by atomic mass is 9.83. The zero-order valence-corrected chi connectivity index (χ0v) is 13.8. The fourth-order valence-electron chi connectivity index (χ4n) is 2.45. The van der Waals surface area contributed by atoms with Crippen molar-refractivity contribution in [3.8, 4) is 6.07 Å². The summed E-state index contributed by atoms with van der Waals surface area (Å²) in [5.41, 5.74) is 2.45. The summed E-state index contributed by atoms with van der Waals surface area (Å²) in [6.45, 7) is 5.48. The third kappa shape index (κ3) is 3.46. The highest BCUT2D eigenvalue weighted by Crippen LogP contribution is 2.40. The van der Waals surface area contributed by atoms with E-state index in [0.29, 0.717) is 16.8 Å². The Bertz CT molecular complexity index is 717.